The highest BCUT2D eigenvalue weighted by atomic mass is 35.5. The number of carbonyl (C=O) groups is 1. The molecule has 0 aliphatic carbocycles. The second-order valence-electron chi connectivity index (χ2n) is 6.16. The Labute approximate surface area is 180 Å². The van der Waals surface area contributed by atoms with Crippen molar-refractivity contribution >= 4 is 67.2 Å². The van der Waals surface area contributed by atoms with Crippen molar-refractivity contribution in [1.82, 2.24) is 15.0 Å². The average molecular weight is 445 g/mol. The Bertz CT molecular complexity index is 1160. The smallest absolute Gasteiger partial charge is 0.325 e. The van der Waals surface area contributed by atoms with Crippen molar-refractivity contribution in [3.05, 3.63) is 57.6 Å². The van der Waals surface area contributed by atoms with Gasteiger partial charge < -0.3 is 10.6 Å². The predicted octanol–water partition coefficient (Wildman–Crippen LogP) is 5.41. The number of rotatable bonds is 6. The molecule has 0 saturated heterocycles. The van der Waals surface area contributed by atoms with E-state index >= 15 is 0 Å². The molecule has 4 rings (SSSR count). The third kappa shape index (κ3) is 4.64. The molecule has 3 aromatic heterocycles. The van der Waals surface area contributed by atoms with Crippen LogP contribution in [0.15, 0.2) is 42.2 Å². The topological polar surface area (TPSA) is 91.8 Å². The number of nitrogens with zero attached hydrogens (tertiary/aromatic N) is 3. The quantitative estimate of drug-likeness (QED) is 0.370. The number of nitrogens with one attached hydrogen (secondary N) is 3. The van der Waals surface area contributed by atoms with Gasteiger partial charge in [0.15, 0.2) is 5.13 Å². The Balaban J connectivity index is 1.31. The molecule has 29 heavy (non-hydrogen) atoms. The number of urea groups is 1. The molecule has 0 saturated carbocycles. The fourth-order valence-corrected chi connectivity index (χ4v) is 4.49. The van der Waals surface area contributed by atoms with Crippen LogP contribution in [-0.4, -0.2) is 27.5 Å². The van der Waals surface area contributed by atoms with Gasteiger partial charge in [0.05, 0.1) is 10.2 Å². The number of aromatic nitrogens is 3. The van der Waals surface area contributed by atoms with Gasteiger partial charge in [-0.15, -0.1) is 22.7 Å². The van der Waals surface area contributed by atoms with E-state index in [0.29, 0.717) is 22.4 Å². The van der Waals surface area contributed by atoms with E-state index in [1.165, 1.54) is 11.3 Å². The largest absolute Gasteiger partial charge is 0.368 e. The number of thiophene rings is 1. The van der Waals surface area contributed by atoms with Gasteiger partial charge in [-0.1, -0.05) is 17.7 Å². The Morgan fingerprint density at radius 1 is 1.17 bits per heavy atom. The zero-order valence-corrected chi connectivity index (χ0v) is 17.8. The van der Waals surface area contributed by atoms with Gasteiger partial charge in [-0.2, -0.15) is 0 Å². The first-order valence-electron chi connectivity index (χ1n) is 8.80. The van der Waals surface area contributed by atoms with E-state index in [1.807, 2.05) is 18.4 Å². The maximum atomic E-state index is 12.2. The lowest BCUT2D eigenvalue weighted by atomic mass is 10.2. The molecular weight excluding hydrogens is 428 g/mol. The number of hydrogen-bond donors (Lipinski definition) is 3. The highest BCUT2D eigenvalue weighted by Crippen LogP contribution is 2.26. The number of carbonyl (C=O) groups excluding carboxylic acids is 1. The molecular formula is C19H17ClN6OS2. The molecule has 0 spiro atoms. The molecule has 3 N–H and O–H groups in total. The Morgan fingerprint density at radius 3 is 2.97 bits per heavy atom. The van der Waals surface area contributed by atoms with E-state index in [1.54, 1.807) is 42.1 Å². The monoisotopic (exact) mass is 444 g/mol. The molecule has 0 fully saturated rings. The van der Waals surface area contributed by atoms with Crippen LogP contribution >= 0.6 is 34.3 Å². The average Bonchev–Trinajstić information content (AvgIpc) is 3.35. The summed E-state index contributed by atoms with van der Waals surface area (Å²) >= 11 is 9.14. The van der Waals surface area contributed by atoms with Crippen molar-refractivity contribution in [2.75, 3.05) is 22.5 Å². The number of halogens is 1. The number of amides is 2. The summed E-state index contributed by atoms with van der Waals surface area (Å²) in [7, 11) is 0. The molecule has 0 aliphatic heterocycles. The zero-order valence-electron chi connectivity index (χ0n) is 15.4. The summed E-state index contributed by atoms with van der Waals surface area (Å²) in [5, 5.41) is 12.0. The zero-order chi connectivity index (χ0) is 20.2. The molecule has 0 bridgehead atoms. The van der Waals surface area contributed by atoms with Gasteiger partial charge in [0.2, 0.25) is 0 Å². The lowest BCUT2D eigenvalue weighted by Crippen LogP contribution is -2.19. The molecule has 0 radical (unpaired) electrons. The summed E-state index contributed by atoms with van der Waals surface area (Å²) < 4.78 is 1.05. The van der Waals surface area contributed by atoms with Crippen molar-refractivity contribution in [3.63, 3.8) is 0 Å². The lowest BCUT2D eigenvalue weighted by molar-refractivity contribution is 0.262. The number of hydrogen-bond acceptors (Lipinski definition) is 7. The minimum Gasteiger partial charge on any atom is -0.368 e. The minimum absolute atomic E-state index is 0.351. The maximum absolute atomic E-state index is 12.2. The first-order chi connectivity index (χ1) is 14.1. The highest BCUT2D eigenvalue weighted by Gasteiger charge is 2.10. The highest BCUT2D eigenvalue weighted by molar-refractivity contribution is 7.17. The number of fused-ring (bicyclic) bond motifs is 1. The van der Waals surface area contributed by atoms with E-state index in [0.717, 1.165) is 32.9 Å². The summed E-state index contributed by atoms with van der Waals surface area (Å²) in [6.45, 7) is 2.56. The van der Waals surface area contributed by atoms with Crippen LogP contribution in [0.3, 0.4) is 0 Å². The van der Waals surface area contributed by atoms with Crippen LogP contribution in [0, 0.1) is 6.92 Å². The summed E-state index contributed by atoms with van der Waals surface area (Å²) in [6.07, 6.45) is 4.10. The number of thiazole rings is 1. The normalized spacial score (nSPS) is 10.8. The molecule has 3 heterocycles. The van der Waals surface area contributed by atoms with Gasteiger partial charge in [0.25, 0.3) is 0 Å². The molecule has 2 amide bonds. The van der Waals surface area contributed by atoms with Crippen molar-refractivity contribution in [1.29, 1.82) is 0 Å². The van der Waals surface area contributed by atoms with Crippen molar-refractivity contribution < 1.29 is 4.79 Å². The molecule has 148 valence electrons. The van der Waals surface area contributed by atoms with Crippen molar-refractivity contribution in [3.8, 4) is 0 Å². The predicted molar refractivity (Wildman–Crippen MR) is 121 cm³/mol. The molecule has 0 unspecified atom stereocenters. The molecule has 10 heteroatoms. The summed E-state index contributed by atoms with van der Waals surface area (Å²) in [6, 6.07) is 7.00. The number of anilines is 3. The van der Waals surface area contributed by atoms with Gasteiger partial charge in [-0.25, -0.2) is 19.7 Å². The SMILES string of the molecule is Cc1c(Cl)cccc1NC(=O)Nc1ncc(CCNc2ncnc3ccsc23)s1. The molecule has 7 nitrogen and oxygen atoms in total. The van der Waals surface area contributed by atoms with Crippen LogP contribution in [0.25, 0.3) is 10.2 Å². The summed E-state index contributed by atoms with van der Waals surface area (Å²) in [5.74, 6) is 0.837. The van der Waals surface area contributed by atoms with Crippen molar-refractivity contribution in [2.24, 2.45) is 0 Å². The summed E-state index contributed by atoms with van der Waals surface area (Å²) in [4.78, 5) is 26.1. The third-order valence-corrected chi connectivity index (χ3v) is 6.49. The van der Waals surface area contributed by atoms with Crippen LogP contribution in [-0.2, 0) is 6.42 Å². The summed E-state index contributed by atoms with van der Waals surface area (Å²) in [5.41, 5.74) is 2.43. The first-order valence-corrected chi connectivity index (χ1v) is 10.9. The molecule has 1 aromatic carbocycles. The van der Waals surface area contributed by atoms with E-state index in [4.69, 9.17) is 11.6 Å². The van der Waals surface area contributed by atoms with Gasteiger partial charge in [0.1, 0.15) is 12.1 Å². The van der Waals surface area contributed by atoms with Crippen LogP contribution in [0.2, 0.25) is 5.02 Å². The second-order valence-corrected chi connectivity index (χ2v) is 8.60. The molecule has 0 atom stereocenters. The number of benzene rings is 1. The maximum Gasteiger partial charge on any atom is 0.325 e. The van der Waals surface area contributed by atoms with E-state index in [-0.39, 0.29) is 6.03 Å². The van der Waals surface area contributed by atoms with Gasteiger partial charge in [-0.05, 0) is 36.1 Å². The van der Waals surface area contributed by atoms with Gasteiger partial charge in [-0.3, -0.25) is 5.32 Å². The van der Waals surface area contributed by atoms with Gasteiger partial charge >= 0.3 is 6.03 Å². The fourth-order valence-electron chi connectivity index (χ4n) is 2.69. The third-order valence-electron chi connectivity index (χ3n) is 4.20. The van der Waals surface area contributed by atoms with Crippen LogP contribution < -0.4 is 16.0 Å². The second kappa shape index (κ2) is 8.73. The van der Waals surface area contributed by atoms with E-state index < -0.39 is 0 Å². The lowest BCUT2D eigenvalue weighted by Gasteiger charge is -2.09. The van der Waals surface area contributed by atoms with Gasteiger partial charge in [0, 0.05) is 34.7 Å². The molecule has 0 aliphatic rings. The fraction of sp³-hybridized carbons (Fsp3) is 0.158. The Morgan fingerprint density at radius 2 is 2.07 bits per heavy atom. The van der Waals surface area contributed by atoms with Crippen LogP contribution in [0.1, 0.15) is 10.4 Å². The minimum atomic E-state index is -0.351. The van der Waals surface area contributed by atoms with Crippen LogP contribution in [0.5, 0.6) is 0 Å². The van der Waals surface area contributed by atoms with Crippen molar-refractivity contribution in [2.45, 2.75) is 13.3 Å². The van der Waals surface area contributed by atoms with Crippen LogP contribution in [0.4, 0.5) is 21.4 Å². The Kier molecular flexibility index (Phi) is 5.89. The first kappa shape index (κ1) is 19.6. The van der Waals surface area contributed by atoms with E-state index in [9.17, 15) is 4.79 Å². The standard InChI is InChI=1S/C19H17ClN6OS2/c1-11-13(20)3-2-4-14(11)25-18(27)26-19-22-9-12(29-19)5-7-21-17-16-15(6-8-28-16)23-10-24-17/h2-4,6,8-10H,5,7H2,1H3,(H,21,23,24)(H2,22,25,26,27). The Hall–Kier alpha value is -2.75. The van der Waals surface area contributed by atoms with E-state index in [2.05, 4.69) is 30.9 Å². The molecule has 4 aromatic rings.